The number of rotatable bonds is 7. The molecular formula is C18H17ClFNO6. The van der Waals surface area contributed by atoms with Crippen LogP contribution in [-0.2, 0) is 9.53 Å². The van der Waals surface area contributed by atoms with Gasteiger partial charge in [-0.05, 0) is 30.3 Å². The van der Waals surface area contributed by atoms with Gasteiger partial charge in [-0.3, -0.25) is 4.79 Å². The molecule has 0 saturated heterocycles. The minimum atomic E-state index is -0.762. The third-order valence-corrected chi connectivity index (χ3v) is 3.73. The molecule has 9 heteroatoms. The van der Waals surface area contributed by atoms with Crippen LogP contribution in [0.2, 0.25) is 5.02 Å². The van der Waals surface area contributed by atoms with Crippen LogP contribution in [0.15, 0.2) is 30.3 Å². The molecule has 2 rings (SSSR count). The number of esters is 1. The standard InChI is InChI=1S/C18H17ClFNO6/c1-24-14-6-10(7-15(25-2)17(14)26-3)18(23)27-9-16(22)21-11-4-5-13(20)12(19)8-11/h4-8H,9H2,1-3H3,(H,21,22). The fraction of sp³-hybridized carbons (Fsp3) is 0.222. The molecule has 144 valence electrons. The molecule has 0 fully saturated rings. The number of amides is 1. The molecule has 0 saturated carbocycles. The van der Waals surface area contributed by atoms with Gasteiger partial charge in [-0.25, -0.2) is 9.18 Å². The number of carbonyl (C=O) groups is 2. The maximum absolute atomic E-state index is 13.1. The summed E-state index contributed by atoms with van der Waals surface area (Å²) in [5.74, 6) is -1.12. The molecule has 0 unspecified atom stereocenters. The highest BCUT2D eigenvalue weighted by Crippen LogP contribution is 2.38. The Bertz CT molecular complexity index is 833. The van der Waals surface area contributed by atoms with E-state index >= 15 is 0 Å². The van der Waals surface area contributed by atoms with E-state index in [1.807, 2.05) is 0 Å². The van der Waals surface area contributed by atoms with Crippen molar-refractivity contribution in [3.05, 3.63) is 46.7 Å². The lowest BCUT2D eigenvalue weighted by Gasteiger charge is -2.13. The van der Waals surface area contributed by atoms with Crippen LogP contribution >= 0.6 is 11.6 Å². The monoisotopic (exact) mass is 397 g/mol. The van der Waals surface area contributed by atoms with Crippen LogP contribution in [0.4, 0.5) is 10.1 Å². The van der Waals surface area contributed by atoms with Gasteiger partial charge in [-0.1, -0.05) is 11.6 Å². The van der Waals surface area contributed by atoms with E-state index in [9.17, 15) is 14.0 Å². The molecule has 0 aromatic heterocycles. The fourth-order valence-electron chi connectivity index (χ4n) is 2.18. The van der Waals surface area contributed by atoms with Crippen LogP contribution in [0, 0.1) is 5.82 Å². The summed E-state index contributed by atoms with van der Waals surface area (Å²) in [5, 5.41) is 2.31. The molecule has 7 nitrogen and oxygen atoms in total. The number of methoxy groups -OCH3 is 3. The van der Waals surface area contributed by atoms with Crippen molar-refractivity contribution in [1.82, 2.24) is 0 Å². The van der Waals surface area contributed by atoms with Gasteiger partial charge in [0.25, 0.3) is 5.91 Å². The topological polar surface area (TPSA) is 83.1 Å². The van der Waals surface area contributed by atoms with Gasteiger partial charge in [0.1, 0.15) is 5.82 Å². The van der Waals surface area contributed by atoms with E-state index in [0.29, 0.717) is 5.75 Å². The highest BCUT2D eigenvalue weighted by atomic mass is 35.5. The van der Waals surface area contributed by atoms with Crippen molar-refractivity contribution in [1.29, 1.82) is 0 Å². The van der Waals surface area contributed by atoms with Crippen molar-refractivity contribution in [3.8, 4) is 17.2 Å². The smallest absolute Gasteiger partial charge is 0.338 e. The first kappa shape index (κ1) is 20.3. The minimum Gasteiger partial charge on any atom is -0.493 e. The quantitative estimate of drug-likeness (QED) is 0.722. The Morgan fingerprint density at radius 1 is 1.04 bits per heavy atom. The third kappa shape index (κ3) is 5.01. The second-order valence-electron chi connectivity index (χ2n) is 5.17. The van der Waals surface area contributed by atoms with Crippen LogP contribution < -0.4 is 19.5 Å². The lowest BCUT2D eigenvalue weighted by Crippen LogP contribution is -2.21. The van der Waals surface area contributed by atoms with E-state index in [1.165, 1.54) is 45.6 Å². The first-order valence-electron chi connectivity index (χ1n) is 7.61. The molecule has 0 atom stereocenters. The number of hydrogen-bond donors (Lipinski definition) is 1. The lowest BCUT2D eigenvalue weighted by molar-refractivity contribution is -0.119. The maximum atomic E-state index is 13.1. The predicted octanol–water partition coefficient (Wildman–Crippen LogP) is 3.30. The number of benzene rings is 2. The Labute approximate surface area is 159 Å². The minimum absolute atomic E-state index is 0.113. The number of ether oxygens (including phenoxy) is 4. The van der Waals surface area contributed by atoms with Crippen molar-refractivity contribution in [3.63, 3.8) is 0 Å². The Kier molecular flexibility index (Phi) is 6.84. The van der Waals surface area contributed by atoms with Crippen molar-refractivity contribution in [2.24, 2.45) is 0 Å². The summed E-state index contributed by atoms with van der Waals surface area (Å²) in [4.78, 5) is 24.1. The van der Waals surface area contributed by atoms with Gasteiger partial charge < -0.3 is 24.3 Å². The summed E-state index contributed by atoms with van der Waals surface area (Å²) in [6, 6.07) is 6.50. The number of hydrogen-bond acceptors (Lipinski definition) is 6. The number of anilines is 1. The van der Waals surface area contributed by atoms with E-state index in [4.69, 9.17) is 30.5 Å². The molecule has 2 aromatic carbocycles. The number of nitrogens with one attached hydrogen (secondary N) is 1. The zero-order valence-electron chi connectivity index (χ0n) is 14.8. The average molecular weight is 398 g/mol. The molecule has 27 heavy (non-hydrogen) atoms. The van der Waals surface area contributed by atoms with Crippen LogP contribution in [-0.4, -0.2) is 39.8 Å². The molecule has 0 spiro atoms. The zero-order chi connectivity index (χ0) is 20.0. The Balaban J connectivity index is 2.04. The first-order valence-corrected chi connectivity index (χ1v) is 7.99. The fourth-order valence-corrected chi connectivity index (χ4v) is 2.36. The highest BCUT2D eigenvalue weighted by Gasteiger charge is 2.18. The Hall–Kier alpha value is -3.00. The summed E-state index contributed by atoms with van der Waals surface area (Å²) in [6.45, 7) is -0.551. The van der Waals surface area contributed by atoms with Crippen molar-refractivity contribution >= 4 is 29.2 Å². The van der Waals surface area contributed by atoms with E-state index < -0.39 is 24.3 Å². The lowest BCUT2D eigenvalue weighted by atomic mass is 10.2. The van der Waals surface area contributed by atoms with Gasteiger partial charge in [0.05, 0.1) is 31.9 Å². The second kappa shape index (κ2) is 9.09. The van der Waals surface area contributed by atoms with Gasteiger partial charge in [0.2, 0.25) is 5.75 Å². The van der Waals surface area contributed by atoms with Gasteiger partial charge >= 0.3 is 5.97 Å². The first-order chi connectivity index (χ1) is 12.9. The third-order valence-electron chi connectivity index (χ3n) is 3.44. The van der Waals surface area contributed by atoms with Crippen molar-refractivity contribution < 1.29 is 32.9 Å². The van der Waals surface area contributed by atoms with Gasteiger partial charge in [0, 0.05) is 5.69 Å². The molecule has 0 aliphatic rings. The Morgan fingerprint density at radius 2 is 1.67 bits per heavy atom. The normalized spacial score (nSPS) is 10.1. The van der Waals surface area contributed by atoms with Gasteiger partial charge in [-0.15, -0.1) is 0 Å². The molecule has 0 radical (unpaired) electrons. The maximum Gasteiger partial charge on any atom is 0.338 e. The summed E-state index contributed by atoms with van der Waals surface area (Å²) < 4.78 is 33.6. The highest BCUT2D eigenvalue weighted by molar-refractivity contribution is 6.31. The van der Waals surface area contributed by atoms with Gasteiger partial charge in [0.15, 0.2) is 18.1 Å². The molecule has 2 aromatic rings. The molecule has 0 bridgehead atoms. The molecule has 1 amide bonds. The molecular weight excluding hydrogens is 381 g/mol. The summed E-state index contributed by atoms with van der Waals surface area (Å²) in [5.41, 5.74) is 0.386. The molecule has 0 aliphatic carbocycles. The number of carbonyl (C=O) groups excluding carboxylic acids is 2. The van der Waals surface area contributed by atoms with E-state index in [1.54, 1.807) is 0 Å². The Morgan fingerprint density at radius 3 is 2.19 bits per heavy atom. The van der Waals surface area contributed by atoms with Gasteiger partial charge in [-0.2, -0.15) is 0 Å². The van der Waals surface area contributed by atoms with Crippen molar-refractivity contribution in [2.75, 3.05) is 33.3 Å². The molecule has 1 N–H and O–H groups in total. The summed E-state index contributed by atoms with van der Waals surface area (Å²) >= 11 is 5.64. The van der Waals surface area contributed by atoms with E-state index in [2.05, 4.69) is 5.32 Å². The number of halogens is 2. The predicted molar refractivity (Wildman–Crippen MR) is 96.4 cm³/mol. The van der Waals surface area contributed by atoms with Crippen LogP contribution in [0.5, 0.6) is 17.2 Å². The molecule has 0 aliphatic heterocycles. The van der Waals surface area contributed by atoms with Crippen LogP contribution in [0.25, 0.3) is 0 Å². The summed E-state index contributed by atoms with van der Waals surface area (Å²) in [7, 11) is 4.26. The van der Waals surface area contributed by atoms with Crippen LogP contribution in [0.1, 0.15) is 10.4 Å². The zero-order valence-corrected chi connectivity index (χ0v) is 15.6. The molecule has 0 heterocycles. The summed E-state index contributed by atoms with van der Waals surface area (Å²) in [6.07, 6.45) is 0. The van der Waals surface area contributed by atoms with E-state index in [0.717, 1.165) is 6.07 Å². The average Bonchev–Trinajstić information content (AvgIpc) is 2.67. The largest absolute Gasteiger partial charge is 0.493 e. The van der Waals surface area contributed by atoms with E-state index in [-0.39, 0.29) is 27.8 Å². The van der Waals surface area contributed by atoms with Crippen molar-refractivity contribution in [2.45, 2.75) is 0 Å². The van der Waals surface area contributed by atoms with Crippen LogP contribution in [0.3, 0.4) is 0 Å². The SMILES string of the molecule is COc1cc(C(=O)OCC(=O)Nc2ccc(F)c(Cl)c2)cc(OC)c1OC. The second-order valence-corrected chi connectivity index (χ2v) is 5.57.